The molecule has 0 saturated carbocycles. The highest BCUT2D eigenvalue weighted by atomic mass is 15.3. The summed E-state index contributed by atoms with van der Waals surface area (Å²) in [5, 5.41) is 3.77. The number of piperidine rings is 1. The van der Waals surface area contributed by atoms with Crippen LogP contribution in [0.4, 0.5) is 0 Å². The molecule has 3 rings (SSSR count). The maximum atomic E-state index is 3.77. The van der Waals surface area contributed by atoms with Crippen molar-refractivity contribution in [2.45, 2.75) is 58.0 Å². The van der Waals surface area contributed by atoms with E-state index in [1.807, 2.05) is 0 Å². The van der Waals surface area contributed by atoms with Gasteiger partial charge in [-0.2, -0.15) is 0 Å². The molecule has 3 saturated heterocycles. The monoisotopic (exact) mass is 265 g/mol. The summed E-state index contributed by atoms with van der Waals surface area (Å²) in [6.45, 7) is 12.7. The first-order chi connectivity index (χ1) is 9.15. The Morgan fingerprint density at radius 3 is 2.63 bits per heavy atom. The van der Waals surface area contributed by atoms with Gasteiger partial charge in [0, 0.05) is 25.2 Å². The number of likely N-dealkylation sites (tertiary alicyclic amines) is 2. The van der Waals surface area contributed by atoms with Crippen molar-refractivity contribution in [3.8, 4) is 0 Å². The standard InChI is InChI=1S/C16H31N3/c1-16(2)7-5-8-17-15(16)13-18-11-6-14(12-18)19-9-3-4-10-19/h14-15,17H,3-13H2,1-2H3. The quantitative estimate of drug-likeness (QED) is 0.841. The number of rotatable bonds is 3. The molecule has 1 N–H and O–H groups in total. The predicted octanol–water partition coefficient (Wildman–Crippen LogP) is 1.93. The zero-order chi connectivity index (χ0) is 13.3. The summed E-state index contributed by atoms with van der Waals surface area (Å²) in [5.74, 6) is 0. The van der Waals surface area contributed by atoms with Crippen molar-refractivity contribution in [1.82, 2.24) is 15.1 Å². The molecule has 0 amide bonds. The van der Waals surface area contributed by atoms with Crippen LogP contribution >= 0.6 is 0 Å². The minimum atomic E-state index is 0.476. The van der Waals surface area contributed by atoms with Crippen molar-refractivity contribution >= 4 is 0 Å². The third kappa shape index (κ3) is 3.14. The molecule has 110 valence electrons. The smallest absolute Gasteiger partial charge is 0.0246 e. The number of hydrogen-bond donors (Lipinski definition) is 1. The summed E-state index contributed by atoms with van der Waals surface area (Å²) >= 11 is 0. The normalized spacial score (nSPS) is 36.9. The Morgan fingerprint density at radius 1 is 1.11 bits per heavy atom. The highest BCUT2D eigenvalue weighted by Gasteiger charge is 2.36. The van der Waals surface area contributed by atoms with E-state index in [1.165, 1.54) is 71.4 Å². The van der Waals surface area contributed by atoms with Crippen LogP contribution in [0.15, 0.2) is 0 Å². The van der Waals surface area contributed by atoms with Crippen molar-refractivity contribution < 1.29 is 0 Å². The van der Waals surface area contributed by atoms with Gasteiger partial charge in [0.25, 0.3) is 0 Å². The van der Waals surface area contributed by atoms with Crippen molar-refractivity contribution in [1.29, 1.82) is 0 Å². The SMILES string of the molecule is CC1(C)CCCNC1CN1CCC(N2CCCC2)C1. The predicted molar refractivity (Wildman–Crippen MR) is 80.5 cm³/mol. The molecule has 0 aromatic carbocycles. The van der Waals surface area contributed by atoms with E-state index >= 15 is 0 Å². The Hall–Kier alpha value is -0.120. The van der Waals surface area contributed by atoms with Crippen LogP contribution in [0.5, 0.6) is 0 Å². The van der Waals surface area contributed by atoms with Gasteiger partial charge in [0.1, 0.15) is 0 Å². The van der Waals surface area contributed by atoms with Gasteiger partial charge in [0.2, 0.25) is 0 Å². The van der Waals surface area contributed by atoms with Crippen LogP contribution < -0.4 is 5.32 Å². The topological polar surface area (TPSA) is 18.5 Å². The maximum absolute atomic E-state index is 3.77. The maximum Gasteiger partial charge on any atom is 0.0246 e. The first-order valence-electron chi connectivity index (χ1n) is 8.35. The third-order valence-corrected chi connectivity index (χ3v) is 5.68. The van der Waals surface area contributed by atoms with Crippen molar-refractivity contribution in [3.63, 3.8) is 0 Å². The van der Waals surface area contributed by atoms with Crippen molar-refractivity contribution in [2.24, 2.45) is 5.41 Å². The van der Waals surface area contributed by atoms with E-state index in [9.17, 15) is 0 Å². The number of hydrogen-bond acceptors (Lipinski definition) is 3. The van der Waals surface area contributed by atoms with Gasteiger partial charge in [0.05, 0.1) is 0 Å². The molecule has 2 atom stereocenters. The van der Waals surface area contributed by atoms with Gasteiger partial charge in [-0.3, -0.25) is 4.90 Å². The van der Waals surface area contributed by atoms with Crippen LogP contribution in [0.2, 0.25) is 0 Å². The van der Waals surface area contributed by atoms with E-state index in [0.717, 1.165) is 6.04 Å². The molecule has 3 heterocycles. The molecule has 0 spiro atoms. The minimum Gasteiger partial charge on any atom is -0.312 e. The molecule has 2 unspecified atom stereocenters. The summed E-state index contributed by atoms with van der Waals surface area (Å²) in [5.41, 5.74) is 0.476. The zero-order valence-electron chi connectivity index (χ0n) is 12.8. The second kappa shape index (κ2) is 5.71. The Balaban J connectivity index is 1.50. The lowest BCUT2D eigenvalue weighted by Crippen LogP contribution is -2.52. The molecule has 0 bridgehead atoms. The van der Waals surface area contributed by atoms with Crippen LogP contribution in [-0.4, -0.2) is 61.2 Å². The number of nitrogens with zero attached hydrogens (tertiary/aromatic N) is 2. The van der Waals surface area contributed by atoms with Crippen LogP contribution in [0.1, 0.15) is 46.0 Å². The Labute approximate surface area is 118 Å². The first kappa shape index (κ1) is 13.8. The second-order valence-corrected chi connectivity index (χ2v) is 7.54. The summed E-state index contributed by atoms with van der Waals surface area (Å²) < 4.78 is 0. The van der Waals surface area contributed by atoms with Gasteiger partial charge in [-0.15, -0.1) is 0 Å². The Morgan fingerprint density at radius 2 is 1.89 bits per heavy atom. The second-order valence-electron chi connectivity index (χ2n) is 7.54. The molecular formula is C16H31N3. The summed E-state index contributed by atoms with van der Waals surface area (Å²) in [6, 6.07) is 1.55. The third-order valence-electron chi connectivity index (χ3n) is 5.68. The van der Waals surface area contributed by atoms with Gasteiger partial charge in [-0.05, 0) is 63.7 Å². The molecule has 0 aromatic rings. The summed E-state index contributed by atoms with van der Waals surface area (Å²) in [7, 11) is 0. The van der Waals surface area contributed by atoms with Crippen molar-refractivity contribution in [2.75, 3.05) is 39.3 Å². The highest BCUT2D eigenvalue weighted by Crippen LogP contribution is 2.31. The largest absolute Gasteiger partial charge is 0.312 e. The first-order valence-corrected chi connectivity index (χ1v) is 8.35. The lowest BCUT2D eigenvalue weighted by Gasteiger charge is -2.41. The van der Waals surface area contributed by atoms with E-state index in [2.05, 4.69) is 29.0 Å². The molecule has 19 heavy (non-hydrogen) atoms. The fraction of sp³-hybridized carbons (Fsp3) is 1.00. The molecule has 3 fully saturated rings. The van der Waals surface area contributed by atoms with Gasteiger partial charge >= 0.3 is 0 Å². The van der Waals surface area contributed by atoms with Gasteiger partial charge < -0.3 is 10.2 Å². The number of nitrogens with one attached hydrogen (secondary N) is 1. The zero-order valence-corrected chi connectivity index (χ0v) is 12.8. The average Bonchev–Trinajstić information content (AvgIpc) is 3.02. The van der Waals surface area contributed by atoms with Crippen LogP contribution in [-0.2, 0) is 0 Å². The van der Waals surface area contributed by atoms with Gasteiger partial charge in [-0.1, -0.05) is 13.8 Å². The lowest BCUT2D eigenvalue weighted by molar-refractivity contribution is 0.132. The summed E-state index contributed by atoms with van der Waals surface area (Å²) in [6.07, 6.45) is 6.97. The Kier molecular flexibility index (Phi) is 4.16. The molecule has 3 aliphatic rings. The molecule has 3 nitrogen and oxygen atoms in total. The average molecular weight is 265 g/mol. The van der Waals surface area contributed by atoms with Gasteiger partial charge in [-0.25, -0.2) is 0 Å². The highest BCUT2D eigenvalue weighted by molar-refractivity contribution is 4.93. The molecule has 0 aliphatic carbocycles. The van der Waals surface area contributed by atoms with Crippen LogP contribution in [0.25, 0.3) is 0 Å². The van der Waals surface area contributed by atoms with Gasteiger partial charge in [0.15, 0.2) is 0 Å². The van der Waals surface area contributed by atoms with E-state index in [-0.39, 0.29) is 0 Å². The van der Waals surface area contributed by atoms with Crippen LogP contribution in [0.3, 0.4) is 0 Å². The van der Waals surface area contributed by atoms with Crippen molar-refractivity contribution in [3.05, 3.63) is 0 Å². The Bertz CT molecular complexity index is 296. The molecule has 0 aromatic heterocycles. The molecule has 3 heteroatoms. The van der Waals surface area contributed by atoms with Crippen LogP contribution in [0, 0.1) is 5.41 Å². The summed E-state index contributed by atoms with van der Waals surface area (Å²) in [4.78, 5) is 5.45. The molecular weight excluding hydrogens is 234 g/mol. The lowest BCUT2D eigenvalue weighted by atomic mass is 9.77. The minimum absolute atomic E-state index is 0.476. The van der Waals surface area contributed by atoms with E-state index < -0.39 is 0 Å². The van der Waals surface area contributed by atoms with E-state index in [1.54, 1.807) is 0 Å². The molecule has 0 radical (unpaired) electrons. The molecule has 3 aliphatic heterocycles. The fourth-order valence-corrected chi connectivity index (χ4v) is 4.22. The fourth-order valence-electron chi connectivity index (χ4n) is 4.22. The van der Waals surface area contributed by atoms with E-state index in [4.69, 9.17) is 0 Å². The van der Waals surface area contributed by atoms with E-state index in [0.29, 0.717) is 11.5 Å².